The van der Waals surface area contributed by atoms with Gasteiger partial charge in [0.2, 0.25) is 0 Å². The van der Waals surface area contributed by atoms with E-state index in [1.165, 1.54) is 5.56 Å². The minimum atomic E-state index is 0.459. The van der Waals surface area contributed by atoms with Gasteiger partial charge in [-0.2, -0.15) is 0 Å². The minimum absolute atomic E-state index is 0.459. The molecule has 2 rings (SSSR count). The number of thiophene rings is 1. The van der Waals surface area contributed by atoms with Gasteiger partial charge in [-0.05, 0) is 48.7 Å². The van der Waals surface area contributed by atoms with E-state index in [9.17, 15) is 0 Å². The Morgan fingerprint density at radius 2 is 1.86 bits per heavy atom. The second-order valence-corrected chi connectivity index (χ2v) is 5.90. The van der Waals surface area contributed by atoms with Gasteiger partial charge < -0.3 is 10.2 Å². The third-order valence-corrected chi connectivity index (χ3v) is 4.49. The van der Waals surface area contributed by atoms with Crippen molar-refractivity contribution in [3.05, 3.63) is 52.2 Å². The predicted molar refractivity (Wildman–Crippen MR) is 92.7 cm³/mol. The van der Waals surface area contributed by atoms with Gasteiger partial charge in [0, 0.05) is 12.2 Å². The van der Waals surface area contributed by atoms with Crippen LogP contribution in [0.2, 0.25) is 0 Å². The lowest BCUT2D eigenvalue weighted by molar-refractivity contribution is 0.308. The highest BCUT2D eigenvalue weighted by atomic mass is 32.1. The van der Waals surface area contributed by atoms with E-state index in [0.29, 0.717) is 5.84 Å². The summed E-state index contributed by atoms with van der Waals surface area (Å²) in [4.78, 5) is 3.39. The van der Waals surface area contributed by atoms with Gasteiger partial charge in [0.25, 0.3) is 0 Å². The molecule has 3 nitrogen and oxygen atoms in total. The molecule has 0 bridgehead atoms. The Labute approximate surface area is 131 Å². The number of nitrogens with zero attached hydrogens (tertiary/aromatic N) is 1. The molecule has 2 N–H and O–H groups in total. The van der Waals surface area contributed by atoms with Gasteiger partial charge in [-0.1, -0.05) is 32.0 Å². The number of nitrogens with one attached hydrogen (secondary N) is 2. The van der Waals surface area contributed by atoms with Gasteiger partial charge in [0.15, 0.2) is 0 Å². The van der Waals surface area contributed by atoms with E-state index in [1.807, 2.05) is 17.5 Å². The van der Waals surface area contributed by atoms with Crippen molar-refractivity contribution in [1.82, 2.24) is 4.90 Å². The quantitative estimate of drug-likeness (QED) is 0.598. The second-order valence-electron chi connectivity index (χ2n) is 4.95. The van der Waals surface area contributed by atoms with Crippen LogP contribution in [-0.4, -0.2) is 30.4 Å². The van der Waals surface area contributed by atoms with Crippen molar-refractivity contribution in [2.75, 3.05) is 25.0 Å². The van der Waals surface area contributed by atoms with Crippen LogP contribution >= 0.6 is 11.3 Å². The van der Waals surface area contributed by atoms with Crippen LogP contribution < -0.4 is 5.32 Å². The van der Waals surface area contributed by atoms with Gasteiger partial charge in [-0.3, -0.25) is 5.41 Å². The van der Waals surface area contributed by atoms with Crippen LogP contribution in [0.3, 0.4) is 0 Å². The van der Waals surface area contributed by atoms with Gasteiger partial charge in [0.1, 0.15) is 5.84 Å². The fourth-order valence-electron chi connectivity index (χ4n) is 2.21. The SMILES string of the molecule is CCN(CC)CCc1ccc(NC(=N)c2cccs2)cc1. The fraction of sp³-hybridized carbons (Fsp3) is 0.353. The Morgan fingerprint density at radius 3 is 2.43 bits per heavy atom. The van der Waals surface area contributed by atoms with E-state index in [0.717, 1.165) is 36.6 Å². The van der Waals surface area contributed by atoms with Crippen molar-refractivity contribution in [1.29, 1.82) is 5.41 Å². The molecule has 0 spiro atoms. The topological polar surface area (TPSA) is 39.1 Å². The molecule has 112 valence electrons. The van der Waals surface area contributed by atoms with Crippen LogP contribution in [-0.2, 0) is 6.42 Å². The van der Waals surface area contributed by atoms with E-state index in [-0.39, 0.29) is 0 Å². The number of hydrogen-bond acceptors (Lipinski definition) is 3. The largest absolute Gasteiger partial charge is 0.340 e. The third-order valence-electron chi connectivity index (χ3n) is 3.60. The van der Waals surface area contributed by atoms with Crippen molar-refractivity contribution >= 4 is 22.9 Å². The average molecular weight is 301 g/mol. The molecule has 0 radical (unpaired) electrons. The molecular formula is C17H23N3S. The van der Waals surface area contributed by atoms with E-state index in [4.69, 9.17) is 5.41 Å². The Hall–Kier alpha value is -1.65. The van der Waals surface area contributed by atoms with Crippen LogP contribution in [0.15, 0.2) is 41.8 Å². The summed E-state index contributed by atoms with van der Waals surface area (Å²) in [5, 5.41) is 13.1. The summed E-state index contributed by atoms with van der Waals surface area (Å²) in [5.74, 6) is 0.459. The van der Waals surface area contributed by atoms with E-state index in [1.54, 1.807) is 11.3 Å². The molecule has 1 aromatic carbocycles. The summed E-state index contributed by atoms with van der Waals surface area (Å²) in [6.45, 7) is 7.71. The zero-order valence-electron chi connectivity index (χ0n) is 12.7. The van der Waals surface area contributed by atoms with Crippen LogP contribution in [0.5, 0.6) is 0 Å². The number of rotatable bonds is 7. The molecule has 0 aliphatic rings. The van der Waals surface area contributed by atoms with Crippen LogP contribution in [0, 0.1) is 5.41 Å². The molecule has 0 aliphatic carbocycles. The van der Waals surface area contributed by atoms with Crippen molar-refractivity contribution in [3.8, 4) is 0 Å². The molecular weight excluding hydrogens is 278 g/mol. The fourth-order valence-corrected chi connectivity index (χ4v) is 2.84. The Balaban J connectivity index is 1.88. The number of anilines is 1. The normalized spacial score (nSPS) is 10.8. The summed E-state index contributed by atoms with van der Waals surface area (Å²) >= 11 is 1.58. The van der Waals surface area contributed by atoms with E-state index < -0.39 is 0 Å². The molecule has 0 saturated heterocycles. The summed E-state index contributed by atoms with van der Waals surface area (Å²) < 4.78 is 0. The first-order chi connectivity index (χ1) is 10.2. The molecule has 0 unspecified atom stereocenters. The van der Waals surface area contributed by atoms with E-state index in [2.05, 4.69) is 48.3 Å². The third kappa shape index (κ3) is 4.69. The zero-order valence-corrected chi connectivity index (χ0v) is 13.5. The lowest BCUT2D eigenvalue weighted by Gasteiger charge is -2.17. The van der Waals surface area contributed by atoms with Gasteiger partial charge in [-0.25, -0.2) is 0 Å². The zero-order chi connectivity index (χ0) is 15.1. The monoisotopic (exact) mass is 301 g/mol. The maximum atomic E-state index is 8.02. The highest BCUT2D eigenvalue weighted by molar-refractivity contribution is 7.12. The first-order valence-corrected chi connectivity index (χ1v) is 8.31. The molecule has 1 aromatic heterocycles. The maximum Gasteiger partial charge on any atom is 0.140 e. The highest BCUT2D eigenvalue weighted by Crippen LogP contribution is 2.14. The first kappa shape index (κ1) is 15.7. The van der Waals surface area contributed by atoms with E-state index >= 15 is 0 Å². The Morgan fingerprint density at radius 1 is 1.14 bits per heavy atom. The summed E-state index contributed by atoms with van der Waals surface area (Å²) in [5.41, 5.74) is 2.31. The average Bonchev–Trinajstić information content (AvgIpc) is 3.04. The first-order valence-electron chi connectivity index (χ1n) is 7.43. The summed E-state index contributed by atoms with van der Waals surface area (Å²) in [6, 6.07) is 12.3. The molecule has 0 aliphatic heterocycles. The number of amidine groups is 1. The Bertz CT molecular complexity index is 542. The minimum Gasteiger partial charge on any atom is -0.340 e. The van der Waals surface area contributed by atoms with Crippen LogP contribution in [0.25, 0.3) is 0 Å². The van der Waals surface area contributed by atoms with Crippen molar-refractivity contribution < 1.29 is 0 Å². The molecule has 0 amide bonds. The van der Waals surface area contributed by atoms with Crippen LogP contribution in [0.1, 0.15) is 24.3 Å². The van der Waals surface area contributed by atoms with Crippen molar-refractivity contribution in [2.24, 2.45) is 0 Å². The van der Waals surface area contributed by atoms with Gasteiger partial charge in [-0.15, -0.1) is 11.3 Å². The maximum absolute atomic E-state index is 8.02. The van der Waals surface area contributed by atoms with Crippen molar-refractivity contribution in [3.63, 3.8) is 0 Å². The number of benzene rings is 1. The smallest absolute Gasteiger partial charge is 0.140 e. The molecule has 21 heavy (non-hydrogen) atoms. The number of hydrogen-bond donors (Lipinski definition) is 2. The molecule has 0 fully saturated rings. The molecule has 2 aromatic rings. The lowest BCUT2D eigenvalue weighted by Crippen LogP contribution is -2.25. The number of likely N-dealkylation sites (N-methyl/N-ethyl adjacent to an activating group) is 1. The molecule has 0 atom stereocenters. The molecule has 4 heteroatoms. The van der Waals surface area contributed by atoms with Crippen LogP contribution in [0.4, 0.5) is 5.69 Å². The van der Waals surface area contributed by atoms with Gasteiger partial charge >= 0.3 is 0 Å². The van der Waals surface area contributed by atoms with Crippen molar-refractivity contribution in [2.45, 2.75) is 20.3 Å². The highest BCUT2D eigenvalue weighted by Gasteiger charge is 2.03. The second kappa shape index (κ2) is 7.96. The predicted octanol–water partition coefficient (Wildman–Crippen LogP) is 4.07. The standard InChI is InChI=1S/C17H23N3S/c1-3-20(4-2)12-11-14-7-9-15(10-8-14)19-17(18)16-6-5-13-21-16/h5-10,13H,3-4,11-12H2,1-2H3,(H2,18,19). The Kier molecular flexibility index (Phi) is 5.96. The summed E-state index contributed by atoms with van der Waals surface area (Å²) in [7, 11) is 0. The lowest BCUT2D eigenvalue weighted by atomic mass is 10.1. The van der Waals surface area contributed by atoms with Gasteiger partial charge in [0.05, 0.1) is 4.88 Å². The molecule has 1 heterocycles. The summed E-state index contributed by atoms with van der Waals surface area (Å²) in [6.07, 6.45) is 1.07. The molecule has 0 saturated carbocycles.